The molecule has 1 saturated carbocycles. The lowest BCUT2D eigenvalue weighted by atomic mass is 9.85. The monoisotopic (exact) mass is 492 g/mol. The zero-order valence-electron chi connectivity index (χ0n) is 20.7. The van der Waals surface area contributed by atoms with E-state index in [0.717, 1.165) is 37.9 Å². The third-order valence-corrected chi connectivity index (χ3v) is 7.38. The van der Waals surface area contributed by atoms with Gasteiger partial charge in [0.05, 0.1) is 6.10 Å². The lowest BCUT2D eigenvalue weighted by Crippen LogP contribution is -2.52. The Morgan fingerprint density at radius 1 is 1.15 bits per heavy atom. The third kappa shape index (κ3) is 8.14. The molecule has 1 aromatic carbocycles. The molecule has 1 aliphatic heterocycles. The fourth-order valence-electron chi connectivity index (χ4n) is 5.40. The summed E-state index contributed by atoms with van der Waals surface area (Å²) in [7, 11) is 3.54. The quantitative estimate of drug-likeness (QED) is 0.458. The maximum Gasteiger partial charge on any atom is 0.317 e. The van der Waals surface area contributed by atoms with Gasteiger partial charge in [0, 0.05) is 43.7 Å². The lowest BCUT2D eigenvalue weighted by Gasteiger charge is -2.38. The van der Waals surface area contributed by atoms with Gasteiger partial charge in [-0.3, -0.25) is 4.79 Å². The van der Waals surface area contributed by atoms with E-state index in [1.165, 1.54) is 32.1 Å². The Balaban J connectivity index is 1.65. The number of amides is 3. The molecule has 1 aliphatic carbocycles. The van der Waals surface area contributed by atoms with Crippen LogP contribution in [-0.4, -0.2) is 63.2 Å². The largest absolute Gasteiger partial charge is 0.363 e. The number of rotatable bonds is 10. The van der Waals surface area contributed by atoms with Crippen molar-refractivity contribution in [2.45, 2.75) is 63.5 Å². The van der Waals surface area contributed by atoms with Gasteiger partial charge in [-0.25, -0.2) is 4.79 Å². The van der Waals surface area contributed by atoms with Gasteiger partial charge in [0.2, 0.25) is 5.91 Å². The summed E-state index contributed by atoms with van der Waals surface area (Å²) in [6.45, 7) is 2.07. The fraction of sp³-hybridized carbons (Fsp3) is 0.692. The average molecular weight is 493 g/mol. The maximum atomic E-state index is 13.3. The van der Waals surface area contributed by atoms with Gasteiger partial charge in [-0.2, -0.15) is 0 Å². The van der Waals surface area contributed by atoms with Gasteiger partial charge in [0.1, 0.15) is 6.61 Å². The topological polar surface area (TPSA) is 82.7 Å². The van der Waals surface area contributed by atoms with Crippen molar-refractivity contribution in [1.29, 1.82) is 0 Å². The Bertz CT molecular complexity index is 787. The Kier molecular flexibility index (Phi) is 10.9. The Morgan fingerprint density at radius 2 is 1.94 bits per heavy atom. The molecule has 0 bridgehead atoms. The highest BCUT2D eigenvalue weighted by Crippen LogP contribution is 2.34. The molecule has 8 heteroatoms. The number of nitrogens with zero attached hydrogens (tertiary/aromatic N) is 1. The van der Waals surface area contributed by atoms with Crippen LogP contribution in [0.3, 0.4) is 0 Å². The molecule has 0 aromatic heterocycles. The number of likely N-dealkylation sites (N-methyl/N-ethyl adjacent to an activating group) is 2. The maximum absolute atomic E-state index is 13.3. The number of halogens is 1. The Hall–Kier alpha value is -1.83. The Morgan fingerprint density at radius 3 is 2.65 bits per heavy atom. The summed E-state index contributed by atoms with van der Waals surface area (Å²) < 4.78 is 6.08. The van der Waals surface area contributed by atoms with Crippen molar-refractivity contribution in [3.8, 4) is 0 Å². The van der Waals surface area contributed by atoms with Crippen LogP contribution in [0.4, 0.5) is 4.79 Å². The van der Waals surface area contributed by atoms with Crippen LogP contribution in [0.5, 0.6) is 0 Å². The molecule has 1 unspecified atom stereocenters. The number of hydrogen-bond donors (Lipinski definition) is 3. The van der Waals surface area contributed by atoms with Gasteiger partial charge in [-0.05, 0) is 49.9 Å². The number of piperidine rings is 1. The van der Waals surface area contributed by atoms with E-state index in [4.69, 9.17) is 16.3 Å². The van der Waals surface area contributed by atoms with E-state index in [2.05, 4.69) is 16.0 Å². The summed E-state index contributed by atoms with van der Waals surface area (Å²) in [6.07, 6.45) is 9.04. The van der Waals surface area contributed by atoms with Crippen LogP contribution in [0.15, 0.2) is 24.3 Å². The van der Waals surface area contributed by atoms with Crippen LogP contribution < -0.4 is 16.0 Å². The van der Waals surface area contributed by atoms with E-state index < -0.39 is 0 Å². The number of nitrogens with one attached hydrogen (secondary N) is 3. The summed E-state index contributed by atoms with van der Waals surface area (Å²) in [5, 5.41) is 9.79. The minimum Gasteiger partial charge on any atom is -0.363 e. The number of hydrogen-bond acceptors (Lipinski definition) is 4. The van der Waals surface area contributed by atoms with Crippen molar-refractivity contribution in [3.63, 3.8) is 0 Å². The van der Waals surface area contributed by atoms with Gasteiger partial charge in [-0.15, -0.1) is 0 Å². The number of urea groups is 1. The van der Waals surface area contributed by atoms with Gasteiger partial charge in [0.15, 0.2) is 0 Å². The molecule has 3 N–H and O–H groups in total. The number of benzene rings is 1. The van der Waals surface area contributed by atoms with Crippen molar-refractivity contribution < 1.29 is 14.3 Å². The van der Waals surface area contributed by atoms with Crippen LogP contribution in [0, 0.1) is 11.8 Å². The van der Waals surface area contributed by atoms with Crippen molar-refractivity contribution in [2.75, 3.05) is 40.3 Å². The van der Waals surface area contributed by atoms with Crippen molar-refractivity contribution in [3.05, 3.63) is 34.9 Å². The van der Waals surface area contributed by atoms with E-state index in [-0.39, 0.29) is 36.6 Å². The van der Waals surface area contributed by atoms with Crippen LogP contribution >= 0.6 is 11.6 Å². The number of carbonyl (C=O) groups excluding carboxylic acids is 2. The van der Waals surface area contributed by atoms with Gasteiger partial charge in [0.25, 0.3) is 0 Å². The molecule has 1 aromatic rings. The smallest absolute Gasteiger partial charge is 0.317 e. The number of ether oxygens (including phenoxy) is 1. The molecule has 190 valence electrons. The SMILES string of the molecule is CNCC(CC1CCCCC1)NC(=O)N1CCC[C@@H]([C@H](OCC(=O)NC)c2cccc(Cl)c2)C1. The third-order valence-electron chi connectivity index (χ3n) is 7.14. The predicted molar refractivity (Wildman–Crippen MR) is 136 cm³/mol. The molecular formula is C26H41ClN4O3. The summed E-state index contributed by atoms with van der Waals surface area (Å²) in [5.74, 6) is 0.616. The number of likely N-dealkylation sites (tertiary alicyclic amines) is 1. The molecule has 1 saturated heterocycles. The second-order valence-corrected chi connectivity index (χ2v) is 10.2. The minimum atomic E-state index is -0.304. The summed E-state index contributed by atoms with van der Waals surface area (Å²) >= 11 is 6.25. The van der Waals surface area contributed by atoms with E-state index in [9.17, 15) is 9.59 Å². The van der Waals surface area contributed by atoms with E-state index >= 15 is 0 Å². The molecule has 2 fully saturated rings. The van der Waals surface area contributed by atoms with Gasteiger partial charge in [-0.1, -0.05) is 55.8 Å². The van der Waals surface area contributed by atoms with Crippen molar-refractivity contribution in [2.24, 2.45) is 11.8 Å². The zero-order valence-corrected chi connectivity index (χ0v) is 21.4. The second kappa shape index (κ2) is 13.9. The molecule has 1 heterocycles. The van der Waals surface area contributed by atoms with Crippen LogP contribution in [0.25, 0.3) is 0 Å². The number of carbonyl (C=O) groups is 2. The molecular weight excluding hydrogens is 452 g/mol. The molecule has 0 radical (unpaired) electrons. The fourth-order valence-corrected chi connectivity index (χ4v) is 5.60. The molecule has 0 spiro atoms. The molecule has 34 heavy (non-hydrogen) atoms. The minimum absolute atomic E-state index is 0.00287. The standard InChI is InChI=1S/C26H41ClN4O3/c1-28-16-23(14-19-8-4-3-5-9-19)30-26(33)31-13-7-11-21(17-31)25(34-18-24(32)29-2)20-10-6-12-22(27)15-20/h6,10,12,15,19,21,23,25,28H,3-5,7-9,11,13-14,16-18H2,1-2H3,(H,29,32)(H,30,33)/t21-,23?,25-/m1/s1. The first-order valence-corrected chi connectivity index (χ1v) is 13.2. The Labute approximate surface area is 209 Å². The highest BCUT2D eigenvalue weighted by atomic mass is 35.5. The molecule has 2 aliphatic rings. The molecule has 3 atom stereocenters. The summed E-state index contributed by atoms with van der Waals surface area (Å²) in [4.78, 5) is 27.0. The lowest BCUT2D eigenvalue weighted by molar-refractivity contribution is -0.129. The zero-order chi connectivity index (χ0) is 24.3. The van der Waals surface area contributed by atoms with Crippen LogP contribution in [0.1, 0.15) is 63.0 Å². The normalized spacial score (nSPS) is 21.0. The van der Waals surface area contributed by atoms with Crippen LogP contribution in [-0.2, 0) is 9.53 Å². The summed E-state index contributed by atoms with van der Waals surface area (Å²) in [5.41, 5.74) is 0.939. The molecule has 7 nitrogen and oxygen atoms in total. The summed E-state index contributed by atoms with van der Waals surface area (Å²) in [6, 6.07) is 7.73. The van der Waals surface area contributed by atoms with Crippen molar-refractivity contribution in [1.82, 2.24) is 20.9 Å². The van der Waals surface area contributed by atoms with Crippen LogP contribution in [0.2, 0.25) is 5.02 Å². The van der Waals surface area contributed by atoms with E-state index in [1.54, 1.807) is 7.05 Å². The molecule has 3 amide bonds. The average Bonchev–Trinajstić information content (AvgIpc) is 2.85. The van der Waals surface area contributed by atoms with Gasteiger partial charge < -0.3 is 25.6 Å². The van der Waals surface area contributed by atoms with E-state index in [0.29, 0.717) is 17.5 Å². The first-order valence-electron chi connectivity index (χ1n) is 12.8. The van der Waals surface area contributed by atoms with E-state index in [1.807, 2.05) is 36.2 Å². The second-order valence-electron chi connectivity index (χ2n) is 9.75. The predicted octanol–water partition coefficient (Wildman–Crippen LogP) is 4.12. The first-order chi connectivity index (χ1) is 16.5. The highest BCUT2D eigenvalue weighted by molar-refractivity contribution is 6.30. The van der Waals surface area contributed by atoms with Crippen molar-refractivity contribution >= 4 is 23.5 Å². The van der Waals surface area contributed by atoms with Gasteiger partial charge >= 0.3 is 6.03 Å². The molecule has 3 rings (SSSR count). The first kappa shape index (κ1) is 26.8. The highest BCUT2D eigenvalue weighted by Gasteiger charge is 2.32.